The number of ether oxygens (including phenoxy) is 2. The van der Waals surface area contributed by atoms with Crippen molar-refractivity contribution in [3.8, 4) is 27.8 Å². The Kier molecular flexibility index (Phi) is 15.0. The number of amides is 2. The van der Waals surface area contributed by atoms with Gasteiger partial charge in [0.25, 0.3) is 0 Å². The minimum atomic E-state index is -5.19. The molecule has 1 saturated heterocycles. The van der Waals surface area contributed by atoms with Crippen molar-refractivity contribution in [2.24, 2.45) is 7.05 Å². The van der Waals surface area contributed by atoms with Crippen molar-refractivity contribution in [1.82, 2.24) is 25.1 Å². The second-order valence-electron chi connectivity index (χ2n) is 12.4. The fourth-order valence-corrected chi connectivity index (χ4v) is 6.32. The number of aryl methyl sites for hydroxylation is 4. The number of halogens is 6. The van der Waals surface area contributed by atoms with Gasteiger partial charge < -0.3 is 45.2 Å². The maximum absolute atomic E-state index is 12.0. The number of benzene rings is 2. The molecule has 14 nitrogen and oxygen atoms in total. The number of aliphatic carboxylic acids is 2. The number of thiazole rings is 1. The zero-order chi connectivity index (χ0) is 41.0. The van der Waals surface area contributed by atoms with Crippen LogP contribution in [0.5, 0.6) is 11.5 Å². The molecule has 56 heavy (non-hydrogen) atoms. The van der Waals surface area contributed by atoms with Gasteiger partial charge in [-0.05, 0) is 55.0 Å². The number of fused-ring (bicyclic) bond motifs is 1. The molecule has 0 spiro atoms. The van der Waals surface area contributed by atoms with Gasteiger partial charge >= 0.3 is 18.4 Å². The predicted molar refractivity (Wildman–Crippen MR) is 182 cm³/mol. The Balaban J connectivity index is 0.000000425. The third kappa shape index (κ3) is 12.5. The van der Waals surface area contributed by atoms with Crippen molar-refractivity contribution >= 4 is 29.3 Å². The molecule has 4 aromatic rings. The lowest BCUT2D eigenvalue weighted by atomic mass is 10.0. The number of quaternary nitrogens is 1. The molecular formula is C35H39F6N7O7S. The van der Waals surface area contributed by atoms with E-state index in [9.17, 15) is 31.1 Å². The van der Waals surface area contributed by atoms with Crippen molar-refractivity contribution < 1.29 is 70.8 Å². The Morgan fingerprint density at radius 1 is 1.04 bits per heavy atom. The van der Waals surface area contributed by atoms with Crippen LogP contribution in [0.15, 0.2) is 48.0 Å². The first kappa shape index (κ1) is 43.3. The summed E-state index contributed by atoms with van der Waals surface area (Å²) >= 11 is 1.63. The number of carboxylic acid groups (broad SMARTS) is 2. The fraction of sp³-hybridized carbons (Fsp3) is 0.429. The van der Waals surface area contributed by atoms with Crippen LogP contribution in [0.2, 0.25) is 0 Å². The van der Waals surface area contributed by atoms with Gasteiger partial charge in [0, 0.05) is 37.4 Å². The van der Waals surface area contributed by atoms with Crippen molar-refractivity contribution in [3.63, 3.8) is 0 Å². The molecule has 2 aliphatic rings. The maximum Gasteiger partial charge on any atom is 0.430 e. The number of rotatable bonds is 13. The zero-order valence-corrected chi connectivity index (χ0v) is 30.9. The Hall–Kier alpha value is -5.44. The van der Waals surface area contributed by atoms with E-state index in [1.54, 1.807) is 16.2 Å². The molecular weight excluding hydrogens is 776 g/mol. The first-order valence-electron chi connectivity index (χ1n) is 17.3. The lowest BCUT2D eigenvalue weighted by Gasteiger charge is -2.16. The third-order valence-corrected chi connectivity index (χ3v) is 9.24. The average molecular weight is 816 g/mol. The molecule has 1 fully saturated rings. The molecule has 4 N–H and O–H groups in total. The van der Waals surface area contributed by atoms with E-state index in [2.05, 4.69) is 53.0 Å². The van der Waals surface area contributed by atoms with Crippen molar-refractivity contribution in [2.75, 3.05) is 39.4 Å². The molecule has 2 aromatic heterocycles. The normalized spacial score (nSPS) is 13.5. The van der Waals surface area contributed by atoms with E-state index in [0.717, 1.165) is 85.1 Å². The second kappa shape index (κ2) is 19.4. The topological polar surface area (TPSA) is 193 Å². The first-order chi connectivity index (χ1) is 26.5. The van der Waals surface area contributed by atoms with Crippen LogP contribution < -0.4 is 35.4 Å². The van der Waals surface area contributed by atoms with Crippen LogP contribution in [0, 0.1) is 0 Å². The number of urea groups is 1. The van der Waals surface area contributed by atoms with Gasteiger partial charge in [0.15, 0.2) is 17.6 Å². The Morgan fingerprint density at radius 2 is 1.75 bits per heavy atom. The number of hydrogen-bond acceptors (Lipinski definition) is 10. The fourth-order valence-electron chi connectivity index (χ4n) is 5.44. The van der Waals surface area contributed by atoms with Crippen LogP contribution in [0.4, 0.5) is 31.1 Å². The molecule has 4 heterocycles. The van der Waals surface area contributed by atoms with E-state index >= 15 is 0 Å². The summed E-state index contributed by atoms with van der Waals surface area (Å²) < 4.78 is 78.9. The highest BCUT2D eigenvalue weighted by Crippen LogP contribution is 2.34. The summed E-state index contributed by atoms with van der Waals surface area (Å²) in [6.07, 6.45) is -2.35. The van der Waals surface area contributed by atoms with Gasteiger partial charge in [0.05, 0.1) is 36.2 Å². The van der Waals surface area contributed by atoms with Crippen LogP contribution in [0.25, 0.3) is 16.3 Å². The summed E-state index contributed by atoms with van der Waals surface area (Å²) in [5.41, 5.74) is 10.7. The molecule has 0 aliphatic carbocycles. The van der Waals surface area contributed by atoms with Gasteiger partial charge in [-0.25, -0.2) is 9.78 Å². The van der Waals surface area contributed by atoms with Gasteiger partial charge in [-0.2, -0.15) is 26.3 Å². The number of carbonyl (C=O) groups excluding carboxylic acids is 3. The molecule has 0 unspecified atom stereocenters. The third-order valence-electron chi connectivity index (χ3n) is 8.31. The molecule has 0 saturated carbocycles. The van der Waals surface area contributed by atoms with Gasteiger partial charge in [0.1, 0.15) is 42.1 Å². The second-order valence-corrected chi connectivity index (χ2v) is 13.2. The van der Waals surface area contributed by atoms with E-state index in [1.165, 1.54) is 16.8 Å². The van der Waals surface area contributed by atoms with Gasteiger partial charge in [0.2, 0.25) is 0 Å². The predicted octanol–water partition coefficient (Wildman–Crippen LogP) is 1.11. The van der Waals surface area contributed by atoms with E-state index in [-0.39, 0.29) is 6.03 Å². The van der Waals surface area contributed by atoms with E-state index in [1.807, 2.05) is 22.5 Å². The van der Waals surface area contributed by atoms with E-state index < -0.39 is 24.3 Å². The SMILES string of the molecule is Cn1n[n+](-c2ccc(-c3nc(CCc4ccc5c(c4)CCO5)cs3)c(OCCN3CCNC3=O)c2)cc1CCCC[NH3+].O=C([O-])C(F)(F)F.O=C([O-])C(F)(F)F. The molecule has 0 radical (unpaired) electrons. The highest BCUT2D eigenvalue weighted by Gasteiger charge is 2.29. The minimum Gasteiger partial charge on any atom is -0.542 e. The number of alkyl halides is 6. The van der Waals surface area contributed by atoms with Crippen LogP contribution in [0.1, 0.15) is 35.4 Å². The van der Waals surface area contributed by atoms with Crippen LogP contribution in [-0.2, 0) is 42.3 Å². The van der Waals surface area contributed by atoms with Gasteiger partial charge in [-0.3, -0.25) is 0 Å². The zero-order valence-electron chi connectivity index (χ0n) is 30.1. The molecule has 2 aliphatic heterocycles. The van der Waals surface area contributed by atoms with E-state index in [4.69, 9.17) is 39.5 Å². The number of aromatic nitrogens is 4. The Bertz CT molecular complexity index is 1950. The number of nitrogens with zero attached hydrogens (tertiary/aromatic N) is 5. The smallest absolute Gasteiger partial charge is 0.430 e. The largest absolute Gasteiger partial charge is 0.542 e. The number of unbranched alkanes of at least 4 members (excludes halogenated alkanes) is 1. The number of carboxylic acids is 2. The molecule has 6 rings (SSSR count). The van der Waals surface area contributed by atoms with Gasteiger partial charge in [-0.1, -0.05) is 12.1 Å². The number of nitrogens with one attached hydrogen (secondary N) is 1. The lowest BCUT2D eigenvalue weighted by Crippen LogP contribution is -2.50. The van der Waals surface area contributed by atoms with E-state index in [0.29, 0.717) is 26.2 Å². The number of carbonyl (C=O) groups is 3. The summed E-state index contributed by atoms with van der Waals surface area (Å²) in [5.74, 6) is -4.26. The molecule has 2 amide bonds. The Morgan fingerprint density at radius 3 is 2.39 bits per heavy atom. The van der Waals surface area contributed by atoms with Crippen LogP contribution in [-0.4, -0.2) is 89.5 Å². The monoisotopic (exact) mass is 815 g/mol. The summed E-state index contributed by atoms with van der Waals surface area (Å²) in [6.45, 7) is 4.02. The highest BCUT2D eigenvalue weighted by atomic mass is 32.1. The summed E-state index contributed by atoms with van der Waals surface area (Å²) in [7, 11) is 1.98. The molecule has 0 atom stereocenters. The number of hydrogen-bond donors (Lipinski definition) is 2. The summed E-state index contributed by atoms with van der Waals surface area (Å²) in [4.78, 5) is 36.4. The summed E-state index contributed by atoms with van der Waals surface area (Å²) in [5, 5.41) is 28.2. The lowest BCUT2D eigenvalue weighted by molar-refractivity contribution is -0.661. The van der Waals surface area contributed by atoms with Crippen LogP contribution in [0.3, 0.4) is 0 Å². The quantitative estimate of drug-likeness (QED) is 0.113. The average Bonchev–Trinajstić information content (AvgIpc) is 3.96. The van der Waals surface area contributed by atoms with Crippen LogP contribution >= 0.6 is 11.3 Å². The van der Waals surface area contributed by atoms with Crippen molar-refractivity contribution in [1.29, 1.82) is 0 Å². The standard InChI is InChI=1S/C31H37N7O3S.2C2HF3O2/c1-36-26(4-2-3-12-32)20-38(35-36)25-8-9-27(29(19-25)41-17-15-37-14-13-33-31(37)39)30-34-24(21-42-30)7-5-22-6-10-28-23(18-22)11-16-40-28;2*3-2(4,5)1(6)7/h6,8-10,18-21H,2-5,7,11-17,32H2,1H3;2*(H,6,7). The first-order valence-corrected chi connectivity index (χ1v) is 18.1. The van der Waals surface area contributed by atoms with Gasteiger partial charge in [-0.15, -0.1) is 20.7 Å². The Labute approximate surface area is 320 Å². The van der Waals surface area contributed by atoms with Crippen molar-refractivity contribution in [2.45, 2.75) is 50.9 Å². The maximum atomic E-state index is 12.0. The van der Waals surface area contributed by atoms with Crippen molar-refractivity contribution in [3.05, 3.63) is 70.5 Å². The summed E-state index contributed by atoms with van der Waals surface area (Å²) in [6, 6.07) is 12.6. The molecule has 304 valence electrons. The molecule has 21 heteroatoms. The molecule has 0 bridgehead atoms. The molecule has 2 aromatic carbocycles. The minimum absolute atomic E-state index is 0.0385. The highest BCUT2D eigenvalue weighted by molar-refractivity contribution is 7.13.